The van der Waals surface area contributed by atoms with Crippen molar-refractivity contribution >= 4 is 5.91 Å². The Balaban J connectivity index is 3.08. The third kappa shape index (κ3) is 25.5. The number of carbonyl (C=O) groups is 1. The maximum atomic E-state index is 11.7. The smallest absolute Gasteiger partial charge is 0.219 e. The Morgan fingerprint density at radius 3 is 1.30 bits per heavy atom. The van der Waals surface area contributed by atoms with Crippen LogP contribution in [0.1, 0.15) is 149 Å². The van der Waals surface area contributed by atoms with Gasteiger partial charge in [-0.3, -0.25) is 4.79 Å². The van der Waals surface area contributed by atoms with Gasteiger partial charge in [-0.25, -0.2) is 0 Å². The second kappa shape index (κ2) is 26.5. The van der Waals surface area contributed by atoms with Crippen LogP contribution < -0.4 is 10.6 Å². The summed E-state index contributed by atoms with van der Waals surface area (Å²) in [5, 5.41) is 6.30. The van der Waals surface area contributed by atoms with Crippen LogP contribution in [0.15, 0.2) is 0 Å². The fourth-order valence-corrected chi connectivity index (χ4v) is 4.07. The third-order valence-electron chi connectivity index (χ3n) is 6.11. The standard InChI is InChI=1S/C27H56N2O/c1-3-5-6-7-8-9-10-11-12-13-14-15-16-17-18-19-20-21-22-24-27(30)29-26-23-25-28-4-2/h28H,3-26H2,1-2H3,(H,29,30). The molecule has 180 valence electrons. The molecule has 0 aliphatic heterocycles. The molecule has 3 heteroatoms. The predicted octanol–water partition coefficient (Wildman–Crippen LogP) is 7.92. The predicted molar refractivity (Wildman–Crippen MR) is 134 cm³/mol. The van der Waals surface area contributed by atoms with Crippen LogP contribution in [0.2, 0.25) is 0 Å². The number of carbonyl (C=O) groups excluding carboxylic acids is 1. The molecule has 0 fully saturated rings. The van der Waals surface area contributed by atoms with Crippen LogP contribution in [0.3, 0.4) is 0 Å². The molecule has 0 aliphatic carbocycles. The highest BCUT2D eigenvalue weighted by molar-refractivity contribution is 5.75. The SMILES string of the molecule is CCCCCCCCCCCCCCCCCCCCCC(=O)NCCCNCC. The first-order valence-corrected chi connectivity index (χ1v) is 13.8. The molecule has 0 saturated heterocycles. The Bertz CT molecular complexity index is 333. The molecule has 0 saturated carbocycles. The molecule has 0 spiro atoms. The van der Waals surface area contributed by atoms with Crippen molar-refractivity contribution < 1.29 is 4.79 Å². The van der Waals surface area contributed by atoms with E-state index in [0.29, 0.717) is 6.42 Å². The van der Waals surface area contributed by atoms with Crippen LogP contribution in [-0.4, -0.2) is 25.5 Å². The van der Waals surface area contributed by atoms with Gasteiger partial charge in [0.15, 0.2) is 0 Å². The molecule has 0 unspecified atom stereocenters. The minimum Gasteiger partial charge on any atom is -0.356 e. The van der Waals surface area contributed by atoms with E-state index in [1.165, 1.54) is 116 Å². The molecule has 1 amide bonds. The zero-order valence-corrected chi connectivity index (χ0v) is 20.9. The van der Waals surface area contributed by atoms with Gasteiger partial charge in [0.25, 0.3) is 0 Å². The third-order valence-corrected chi connectivity index (χ3v) is 6.11. The maximum Gasteiger partial charge on any atom is 0.219 e. The molecule has 0 aromatic heterocycles. The summed E-state index contributed by atoms with van der Waals surface area (Å²) in [6, 6.07) is 0. The zero-order valence-electron chi connectivity index (χ0n) is 20.9. The molecule has 0 atom stereocenters. The van der Waals surface area contributed by atoms with Gasteiger partial charge in [-0.2, -0.15) is 0 Å². The van der Waals surface area contributed by atoms with E-state index in [1.54, 1.807) is 0 Å². The lowest BCUT2D eigenvalue weighted by Gasteiger charge is -2.06. The lowest BCUT2D eigenvalue weighted by Crippen LogP contribution is -2.27. The van der Waals surface area contributed by atoms with E-state index in [0.717, 1.165) is 32.5 Å². The van der Waals surface area contributed by atoms with Gasteiger partial charge in [0, 0.05) is 13.0 Å². The molecular formula is C27H56N2O. The van der Waals surface area contributed by atoms with E-state index < -0.39 is 0 Å². The zero-order chi connectivity index (χ0) is 22.0. The molecule has 0 rings (SSSR count). The average molecular weight is 425 g/mol. The Kier molecular flexibility index (Phi) is 26.0. The summed E-state index contributed by atoms with van der Waals surface area (Å²) in [5.74, 6) is 0.235. The van der Waals surface area contributed by atoms with Gasteiger partial charge in [0.1, 0.15) is 0 Å². The van der Waals surface area contributed by atoms with Crippen molar-refractivity contribution in [2.45, 2.75) is 149 Å². The van der Waals surface area contributed by atoms with Crippen LogP contribution in [0.4, 0.5) is 0 Å². The molecular weight excluding hydrogens is 368 g/mol. The van der Waals surface area contributed by atoms with Crippen molar-refractivity contribution in [2.24, 2.45) is 0 Å². The largest absolute Gasteiger partial charge is 0.356 e. The average Bonchev–Trinajstić information content (AvgIpc) is 2.75. The first-order valence-electron chi connectivity index (χ1n) is 13.8. The monoisotopic (exact) mass is 424 g/mol. The molecule has 0 aromatic carbocycles. The van der Waals surface area contributed by atoms with Crippen molar-refractivity contribution in [1.82, 2.24) is 10.6 Å². The fourth-order valence-electron chi connectivity index (χ4n) is 4.07. The van der Waals surface area contributed by atoms with Crippen molar-refractivity contribution in [3.8, 4) is 0 Å². The summed E-state index contributed by atoms with van der Waals surface area (Å²) in [6.45, 7) is 7.21. The van der Waals surface area contributed by atoms with E-state index >= 15 is 0 Å². The summed E-state index contributed by atoms with van der Waals surface area (Å²) < 4.78 is 0. The van der Waals surface area contributed by atoms with Gasteiger partial charge >= 0.3 is 0 Å². The normalized spacial score (nSPS) is 11.1. The van der Waals surface area contributed by atoms with Gasteiger partial charge in [0.05, 0.1) is 0 Å². The van der Waals surface area contributed by atoms with Crippen LogP contribution in [0.5, 0.6) is 0 Å². The molecule has 0 aliphatic rings. The van der Waals surface area contributed by atoms with E-state index in [4.69, 9.17) is 0 Å². The molecule has 3 nitrogen and oxygen atoms in total. The first-order chi connectivity index (χ1) is 14.8. The topological polar surface area (TPSA) is 41.1 Å². The number of unbranched alkanes of at least 4 members (excludes halogenated alkanes) is 18. The second-order valence-electron chi connectivity index (χ2n) is 9.17. The van der Waals surface area contributed by atoms with Crippen LogP contribution in [-0.2, 0) is 4.79 Å². The molecule has 0 bridgehead atoms. The summed E-state index contributed by atoms with van der Waals surface area (Å²) in [7, 11) is 0. The summed E-state index contributed by atoms with van der Waals surface area (Å²) in [6.07, 6.45) is 28.2. The van der Waals surface area contributed by atoms with Crippen molar-refractivity contribution in [3.63, 3.8) is 0 Å². The highest BCUT2D eigenvalue weighted by Crippen LogP contribution is 2.14. The van der Waals surface area contributed by atoms with Crippen LogP contribution in [0.25, 0.3) is 0 Å². The van der Waals surface area contributed by atoms with E-state index in [1.807, 2.05) is 0 Å². The lowest BCUT2D eigenvalue weighted by atomic mass is 10.0. The van der Waals surface area contributed by atoms with Crippen molar-refractivity contribution in [2.75, 3.05) is 19.6 Å². The summed E-state index contributed by atoms with van der Waals surface area (Å²) in [5.41, 5.74) is 0. The number of rotatable bonds is 25. The lowest BCUT2D eigenvalue weighted by molar-refractivity contribution is -0.121. The van der Waals surface area contributed by atoms with E-state index in [9.17, 15) is 4.79 Å². The van der Waals surface area contributed by atoms with Crippen LogP contribution >= 0.6 is 0 Å². The van der Waals surface area contributed by atoms with Crippen molar-refractivity contribution in [3.05, 3.63) is 0 Å². The van der Waals surface area contributed by atoms with Gasteiger partial charge < -0.3 is 10.6 Å². The molecule has 0 radical (unpaired) electrons. The van der Waals surface area contributed by atoms with Gasteiger partial charge in [-0.15, -0.1) is 0 Å². The quantitative estimate of drug-likeness (QED) is 0.146. The summed E-state index contributed by atoms with van der Waals surface area (Å²) >= 11 is 0. The van der Waals surface area contributed by atoms with Crippen molar-refractivity contribution in [1.29, 1.82) is 0 Å². The van der Waals surface area contributed by atoms with Gasteiger partial charge in [0.2, 0.25) is 5.91 Å². The molecule has 30 heavy (non-hydrogen) atoms. The van der Waals surface area contributed by atoms with Gasteiger partial charge in [-0.1, -0.05) is 129 Å². The van der Waals surface area contributed by atoms with E-state index in [2.05, 4.69) is 24.5 Å². The fraction of sp³-hybridized carbons (Fsp3) is 0.963. The minimum absolute atomic E-state index is 0.235. The Hall–Kier alpha value is -0.570. The van der Waals surface area contributed by atoms with Crippen LogP contribution in [0, 0.1) is 0 Å². The number of hydrogen-bond donors (Lipinski definition) is 2. The first kappa shape index (κ1) is 29.4. The number of nitrogens with one attached hydrogen (secondary N) is 2. The molecule has 2 N–H and O–H groups in total. The minimum atomic E-state index is 0.235. The summed E-state index contributed by atoms with van der Waals surface area (Å²) in [4.78, 5) is 11.7. The number of hydrogen-bond acceptors (Lipinski definition) is 2. The highest BCUT2D eigenvalue weighted by atomic mass is 16.1. The van der Waals surface area contributed by atoms with Gasteiger partial charge in [-0.05, 0) is 25.9 Å². The second-order valence-corrected chi connectivity index (χ2v) is 9.17. The Labute approximate surface area is 189 Å². The molecule has 0 heterocycles. The maximum absolute atomic E-state index is 11.7. The highest BCUT2D eigenvalue weighted by Gasteiger charge is 2.00. The Morgan fingerprint density at radius 2 is 0.900 bits per heavy atom. The molecule has 0 aromatic rings. The Morgan fingerprint density at radius 1 is 0.500 bits per heavy atom. The van der Waals surface area contributed by atoms with E-state index in [-0.39, 0.29) is 5.91 Å². The number of amides is 1.